The van der Waals surface area contributed by atoms with Gasteiger partial charge in [-0.2, -0.15) is 5.10 Å². The van der Waals surface area contributed by atoms with E-state index in [9.17, 15) is 17.2 Å². The van der Waals surface area contributed by atoms with E-state index in [1.54, 1.807) is 16.3 Å². The van der Waals surface area contributed by atoms with Crippen LogP contribution in [0.1, 0.15) is 24.7 Å². The molecule has 2 heterocycles. The van der Waals surface area contributed by atoms with E-state index in [-0.39, 0.29) is 29.5 Å². The molecule has 10 heteroatoms. The molecule has 6 nitrogen and oxygen atoms in total. The Balaban J connectivity index is 1.75. The van der Waals surface area contributed by atoms with Gasteiger partial charge < -0.3 is 4.57 Å². The maximum atomic E-state index is 14.0. The van der Waals surface area contributed by atoms with E-state index in [0.717, 1.165) is 5.82 Å². The molecule has 154 valence electrons. The molecule has 1 atom stereocenters. The van der Waals surface area contributed by atoms with Crippen molar-refractivity contribution in [3.8, 4) is 0 Å². The highest BCUT2D eigenvalue weighted by Gasteiger charge is 2.29. The molecule has 0 aliphatic carbocycles. The van der Waals surface area contributed by atoms with Crippen LogP contribution in [0, 0.1) is 22.3 Å². The first kappa shape index (κ1) is 21.1. The Labute approximate surface area is 168 Å². The summed E-state index contributed by atoms with van der Waals surface area (Å²) in [5.41, 5.74) is 0.0168. The van der Waals surface area contributed by atoms with Crippen LogP contribution in [-0.2, 0) is 36.5 Å². The summed E-state index contributed by atoms with van der Waals surface area (Å²) in [7, 11) is -1.14. The van der Waals surface area contributed by atoms with Crippen molar-refractivity contribution in [1.29, 1.82) is 0 Å². The number of rotatable bonds is 7. The average Bonchev–Trinajstić information content (AvgIpc) is 3.11. The summed E-state index contributed by atoms with van der Waals surface area (Å²) >= 11 is 5.45. The zero-order valence-electron chi connectivity index (χ0n) is 15.9. The van der Waals surface area contributed by atoms with Gasteiger partial charge in [0.1, 0.15) is 17.5 Å². The van der Waals surface area contributed by atoms with Crippen LogP contribution in [0.15, 0.2) is 18.2 Å². The van der Waals surface area contributed by atoms with Crippen molar-refractivity contribution in [3.63, 3.8) is 0 Å². The Hall–Kier alpha value is -1.65. The van der Waals surface area contributed by atoms with Gasteiger partial charge in [0.05, 0.1) is 18.2 Å². The van der Waals surface area contributed by atoms with Crippen LogP contribution < -0.4 is 0 Å². The van der Waals surface area contributed by atoms with E-state index < -0.39 is 21.5 Å². The van der Waals surface area contributed by atoms with Crippen molar-refractivity contribution >= 4 is 22.1 Å². The molecular formula is C18H24F2N4O2S2. The number of hydrogen-bond acceptors (Lipinski definition) is 5. The maximum absolute atomic E-state index is 14.0. The van der Waals surface area contributed by atoms with E-state index in [1.807, 2.05) is 11.8 Å². The lowest BCUT2D eigenvalue weighted by molar-refractivity contribution is 0.201. The third kappa shape index (κ3) is 4.66. The molecule has 2 aromatic rings. The number of sulfone groups is 1. The lowest BCUT2D eigenvalue weighted by Gasteiger charge is -2.20. The third-order valence-electron chi connectivity index (χ3n) is 5.15. The van der Waals surface area contributed by atoms with Gasteiger partial charge in [-0.25, -0.2) is 21.9 Å². The Morgan fingerprint density at radius 2 is 2.00 bits per heavy atom. The van der Waals surface area contributed by atoms with Crippen molar-refractivity contribution in [2.24, 2.45) is 13.0 Å². The summed E-state index contributed by atoms with van der Waals surface area (Å²) < 4.78 is 55.2. The fourth-order valence-electron chi connectivity index (χ4n) is 3.45. The van der Waals surface area contributed by atoms with Crippen molar-refractivity contribution in [2.45, 2.75) is 33.0 Å². The summed E-state index contributed by atoms with van der Waals surface area (Å²) in [4.78, 5) is 1.84. The van der Waals surface area contributed by atoms with E-state index in [1.165, 1.54) is 18.2 Å². The van der Waals surface area contributed by atoms with Gasteiger partial charge in [0.25, 0.3) is 0 Å². The molecule has 3 rings (SSSR count). The monoisotopic (exact) mass is 430 g/mol. The van der Waals surface area contributed by atoms with Gasteiger partial charge in [0.15, 0.2) is 14.6 Å². The summed E-state index contributed by atoms with van der Waals surface area (Å²) in [6, 6.07) is 3.83. The van der Waals surface area contributed by atoms with Crippen LogP contribution >= 0.6 is 12.2 Å². The van der Waals surface area contributed by atoms with Gasteiger partial charge in [0.2, 0.25) is 0 Å². The van der Waals surface area contributed by atoms with Crippen molar-refractivity contribution < 1.29 is 17.2 Å². The molecule has 0 bridgehead atoms. The normalized spacial score (nSPS) is 18.8. The number of benzene rings is 1. The Bertz CT molecular complexity index is 997. The molecule has 0 amide bonds. The second-order valence-electron chi connectivity index (χ2n) is 7.22. The first-order valence-electron chi connectivity index (χ1n) is 9.18. The van der Waals surface area contributed by atoms with Crippen molar-refractivity contribution in [2.75, 3.05) is 18.1 Å². The molecule has 1 aromatic heterocycles. The first-order valence-corrected chi connectivity index (χ1v) is 11.4. The molecular weight excluding hydrogens is 406 g/mol. The minimum atomic E-state index is -2.95. The average molecular weight is 431 g/mol. The molecule has 1 aliphatic heterocycles. The molecule has 1 saturated heterocycles. The van der Waals surface area contributed by atoms with Crippen LogP contribution in [0.25, 0.3) is 0 Å². The fourth-order valence-corrected chi connectivity index (χ4v) is 5.52. The summed E-state index contributed by atoms with van der Waals surface area (Å²) in [5, 5.41) is 4.55. The van der Waals surface area contributed by atoms with Crippen LogP contribution in [0.3, 0.4) is 0 Å². The molecule has 0 N–H and O–H groups in total. The predicted octanol–water partition coefficient (Wildman–Crippen LogP) is 2.69. The van der Waals surface area contributed by atoms with Gasteiger partial charge in [-0.3, -0.25) is 4.90 Å². The van der Waals surface area contributed by atoms with E-state index >= 15 is 0 Å². The Kier molecular flexibility index (Phi) is 6.31. The molecule has 1 aliphatic rings. The van der Waals surface area contributed by atoms with Gasteiger partial charge in [0, 0.05) is 25.6 Å². The zero-order valence-corrected chi connectivity index (χ0v) is 17.6. The molecule has 0 spiro atoms. The van der Waals surface area contributed by atoms with Gasteiger partial charge in [-0.05, 0) is 43.2 Å². The lowest BCUT2D eigenvalue weighted by Crippen LogP contribution is -2.27. The van der Waals surface area contributed by atoms with Crippen LogP contribution in [0.2, 0.25) is 0 Å². The number of hydrogen-bond donors (Lipinski definition) is 0. The largest absolute Gasteiger partial charge is 0.307 e. The highest BCUT2D eigenvalue weighted by molar-refractivity contribution is 7.91. The minimum absolute atomic E-state index is 0.0168. The standard InChI is InChI=1S/C18H24F2N4O2S2/c1-3-23(10-14-15(19)5-4-6-16(14)20)12-24-18(27)22(2)17(21-24)9-13-7-8-28(25,26)11-13/h4-6,13H,3,7-12H2,1-2H3. The topological polar surface area (TPSA) is 60.1 Å². The van der Waals surface area contributed by atoms with E-state index in [0.29, 0.717) is 30.8 Å². The van der Waals surface area contributed by atoms with E-state index in [4.69, 9.17) is 12.2 Å². The van der Waals surface area contributed by atoms with Gasteiger partial charge >= 0.3 is 0 Å². The second-order valence-corrected chi connectivity index (χ2v) is 9.81. The molecule has 1 aromatic carbocycles. The molecule has 0 saturated carbocycles. The third-order valence-corrected chi connectivity index (χ3v) is 7.48. The summed E-state index contributed by atoms with van der Waals surface area (Å²) in [6.07, 6.45) is 1.18. The summed E-state index contributed by atoms with van der Waals surface area (Å²) in [5.74, 6) is 0.0160. The van der Waals surface area contributed by atoms with Gasteiger partial charge in [-0.1, -0.05) is 13.0 Å². The highest BCUT2D eigenvalue weighted by atomic mass is 32.2. The second kappa shape index (κ2) is 8.38. The van der Waals surface area contributed by atoms with Gasteiger partial charge in [-0.15, -0.1) is 0 Å². The number of nitrogens with zero attached hydrogens (tertiary/aromatic N) is 4. The SMILES string of the molecule is CCN(Cc1c(F)cccc1F)Cn1nc(CC2CCS(=O)(=O)C2)n(C)c1=S. The van der Waals surface area contributed by atoms with Crippen molar-refractivity contribution in [1.82, 2.24) is 19.2 Å². The van der Waals surface area contributed by atoms with Crippen LogP contribution in [-0.4, -0.2) is 45.7 Å². The molecule has 1 fully saturated rings. The zero-order chi connectivity index (χ0) is 20.5. The van der Waals surface area contributed by atoms with Crippen LogP contribution in [0.4, 0.5) is 8.78 Å². The first-order chi connectivity index (χ1) is 13.2. The fraction of sp³-hybridized carbons (Fsp3) is 0.556. The highest BCUT2D eigenvalue weighted by Crippen LogP contribution is 2.22. The molecule has 1 unspecified atom stereocenters. The van der Waals surface area contributed by atoms with E-state index in [2.05, 4.69) is 5.10 Å². The number of halogens is 2. The predicted molar refractivity (Wildman–Crippen MR) is 105 cm³/mol. The molecule has 0 radical (unpaired) electrons. The molecule has 28 heavy (non-hydrogen) atoms. The quantitative estimate of drug-likeness (QED) is 0.632. The van der Waals surface area contributed by atoms with Crippen molar-refractivity contribution in [3.05, 3.63) is 46.0 Å². The van der Waals surface area contributed by atoms with Crippen LogP contribution in [0.5, 0.6) is 0 Å². The number of aromatic nitrogens is 3. The smallest absolute Gasteiger partial charge is 0.198 e. The maximum Gasteiger partial charge on any atom is 0.198 e. The lowest BCUT2D eigenvalue weighted by atomic mass is 10.1. The Morgan fingerprint density at radius 3 is 2.57 bits per heavy atom. The Morgan fingerprint density at radius 1 is 1.32 bits per heavy atom. The minimum Gasteiger partial charge on any atom is -0.307 e. The summed E-state index contributed by atoms with van der Waals surface area (Å²) in [6.45, 7) is 2.85.